The zero-order valence-corrected chi connectivity index (χ0v) is 12.9. The number of allylic oxidation sites excluding steroid dienone is 1. The molecule has 1 aliphatic rings. The molecule has 0 radical (unpaired) electrons. The maximum absolute atomic E-state index is 12.3. The topological polar surface area (TPSA) is 48.1 Å². The standard InChI is InChI=1S/C19H18O4/c1-21-16-8-5-14(6-9-16)7-10-19(20)15-3-2-4-17(11-15)22-12-18-13-23-18/h2-11,18H,12-13H2,1H3. The summed E-state index contributed by atoms with van der Waals surface area (Å²) in [5, 5.41) is 0. The Labute approximate surface area is 135 Å². The van der Waals surface area contributed by atoms with Gasteiger partial charge in [-0.2, -0.15) is 0 Å². The first-order chi connectivity index (χ1) is 11.2. The molecule has 1 fully saturated rings. The average molecular weight is 310 g/mol. The van der Waals surface area contributed by atoms with E-state index < -0.39 is 0 Å². The second-order valence-corrected chi connectivity index (χ2v) is 5.26. The first-order valence-corrected chi connectivity index (χ1v) is 7.45. The molecule has 1 atom stereocenters. The predicted octanol–water partition coefficient (Wildman–Crippen LogP) is 3.37. The maximum Gasteiger partial charge on any atom is 0.185 e. The third-order valence-corrected chi connectivity index (χ3v) is 3.50. The van der Waals surface area contributed by atoms with Gasteiger partial charge in [-0.1, -0.05) is 30.3 Å². The Hall–Kier alpha value is -2.59. The molecule has 3 rings (SSSR count). The summed E-state index contributed by atoms with van der Waals surface area (Å²) in [7, 11) is 1.62. The number of epoxide rings is 1. The number of rotatable bonds is 7. The van der Waals surface area contributed by atoms with Crippen LogP contribution >= 0.6 is 0 Å². The van der Waals surface area contributed by atoms with E-state index in [0.717, 1.165) is 17.9 Å². The third kappa shape index (κ3) is 4.44. The maximum atomic E-state index is 12.3. The molecule has 0 saturated carbocycles. The Kier molecular flexibility index (Phi) is 4.74. The molecule has 118 valence electrons. The Morgan fingerprint density at radius 3 is 2.70 bits per heavy atom. The molecule has 4 nitrogen and oxygen atoms in total. The molecule has 0 bridgehead atoms. The molecule has 0 aliphatic carbocycles. The number of hydrogen-bond acceptors (Lipinski definition) is 4. The van der Waals surface area contributed by atoms with Crippen LogP contribution in [0.2, 0.25) is 0 Å². The van der Waals surface area contributed by atoms with Crippen molar-refractivity contribution in [2.75, 3.05) is 20.3 Å². The highest BCUT2D eigenvalue weighted by atomic mass is 16.6. The first-order valence-electron chi connectivity index (χ1n) is 7.45. The summed E-state index contributed by atoms with van der Waals surface area (Å²) in [5.74, 6) is 1.41. The van der Waals surface area contributed by atoms with E-state index >= 15 is 0 Å². The lowest BCUT2D eigenvalue weighted by Crippen LogP contribution is -2.04. The fraction of sp³-hybridized carbons (Fsp3) is 0.211. The summed E-state index contributed by atoms with van der Waals surface area (Å²) in [6.07, 6.45) is 3.54. The van der Waals surface area contributed by atoms with Gasteiger partial charge in [-0.25, -0.2) is 0 Å². The van der Waals surface area contributed by atoms with Crippen LogP contribution in [0.3, 0.4) is 0 Å². The van der Waals surface area contributed by atoms with Crippen LogP contribution in [0.5, 0.6) is 11.5 Å². The summed E-state index contributed by atoms with van der Waals surface area (Å²) in [4.78, 5) is 12.3. The monoisotopic (exact) mass is 310 g/mol. The Morgan fingerprint density at radius 2 is 2.00 bits per heavy atom. The second kappa shape index (κ2) is 7.11. The molecule has 0 spiro atoms. The third-order valence-electron chi connectivity index (χ3n) is 3.50. The average Bonchev–Trinajstić information content (AvgIpc) is 3.43. The fourth-order valence-electron chi connectivity index (χ4n) is 2.08. The summed E-state index contributed by atoms with van der Waals surface area (Å²) < 4.78 is 15.8. The van der Waals surface area contributed by atoms with Gasteiger partial charge in [0, 0.05) is 5.56 Å². The van der Waals surface area contributed by atoms with Crippen molar-refractivity contribution < 1.29 is 19.0 Å². The van der Waals surface area contributed by atoms with Crippen LogP contribution < -0.4 is 9.47 Å². The van der Waals surface area contributed by atoms with Crippen molar-refractivity contribution in [1.82, 2.24) is 0 Å². The summed E-state index contributed by atoms with van der Waals surface area (Å²) >= 11 is 0. The van der Waals surface area contributed by atoms with Crippen LogP contribution in [0.15, 0.2) is 54.6 Å². The van der Waals surface area contributed by atoms with Crippen LogP contribution in [-0.2, 0) is 4.74 Å². The number of carbonyl (C=O) groups excluding carboxylic acids is 1. The smallest absolute Gasteiger partial charge is 0.185 e. The fourth-order valence-corrected chi connectivity index (χ4v) is 2.08. The van der Waals surface area contributed by atoms with Crippen LogP contribution in [0.1, 0.15) is 15.9 Å². The van der Waals surface area contributed by atoms with Gasteiger partial charge >= 0.3 is 0 Å². The van der Waals surface area contributed by atoms with Gasteiger partial charge in [0.2, 0.25) is 0 Å². The van der Waals surface area contributed by atoms with E-state index in [9.17, 15) is 4.79 Å². The Balaban J connectivity index is 1.64. The highest BCUT2D eigenvalue weighted by Gasteiger charge is 2.23. The van der Waals surface area contributed by atoms with Crippen molar-refractivity contribution in [3.8, 4) is 11.5 Å². The minimum Gasteiger partial charge on any atom is -0.497 e. The van der Waals surface area contributed by atoms with E-state index in [-0.39, 0.29) is 11.9 Å². The number of ether oxygens (including phenoxy) is 3. The van der Waals surface area contributed by atoms with Crippen LogP contribution in [-0.4, -0.2) is 32.2 Å². The van der Waals surface area contributed by atoms with Gasteiger partial charge in [0.25, 0.3) is 0 Å². The van der Waals surface area contributed by atoms with Gasteiger partial charge in [-0.05, 0) is 35.9 Å². The lowest BCUT2D eigenvalue weighted by molar-refractivity contribution is 0.104. The van der Waals surface area contributed by atoms with Crippen LogP contribution in [0.4, 0.5) is 0 Å². The summed E-state index contributed by atoms with van der Waals surface area (Å²) in [6, 6.07) is 14.7. The Morgan fingerprint density at radius 1 is 1.22 bits per heavy atom. The molecular formula is C19H18O4. The quantitative estimate of drug-likeness (QED) is 0.447. The first kappa shape index (κ1) is 15.3. The predicted molar refractivity (Wildman–Crippen MR) is 88.0 cm³/mol. The number of benzene rings is 2. The number of methoxy groups -OCH3 is 1. The van der Waals surface area contributed by atoms with Crippen LogP contribution in [0.25, 0.3) is 6.08 Å². The molecule has 0 amide bonds. The van der Waals surface area contributed by atoms with Gasteiger partial charge in [-0.3, -0.25) is 4.79 Å². The zero-order valence-electron chi connectivity index (χ0n) is 12.9. The molecule has 4 heteroatoms. The van der Waals surface area contributed by atoms with Gasteiger partial charge in [0.15, 0.2) is 5.78 Å². The molecule has 1 unspecified atom stereocenters. The van der Waals surface area contributed by atoms with Gasteiger partial charge in [-0.15, -0.1) is 0 Å². The zero-order chi connectivity index (χ0) is 16.1. The van der Waals surface area contributed by atoms with E-state index in [1.807, 2.05) is 36.4 Å². The normalized spacial score (nSPS) is 16.3. The Bertz CT molecular complexity index is 700. The SMILES string of the molecule is COc1ccc(C=CC(=O)c2cccc(OCC3CO3)c2)cc1. The van der Waals surface area contributed by atoms with Gasteiger partial charge in [0.05, 0.1) is 13.7 Å². The van der Waals surface area contributed by atoms with E-state index in [2.05, 4.69) is 0 Å². The molecule has 0 N–H and O–H groups in total. The molecular weight excluding hydrogens is 292 g/mol. The van der Waals surface area contributed by atoms with E-state index in [0.29, 0.717) is 17.9 Å². The summed E-state index contributed by atoms with van der Waals surface area (Å²) in [5.41, 5.74) is 1.54. The number of carbonyl (C=O) groups is 1. The highest BCUT2D eigenvalue weighted by Crippen LogP contribution is 2.18. The number of ketones is 1. The molecule has 1 saturated heterocycles. The minimum absolute atomic E-state index is 0.0612. The largest absolute Gasteiger partial charge is 0.497 e. The van der Waals surface area contributed by atoms with Crippen molar-refractivity contribution >= 4 is 11.9 Å². The van der Waals surface area contributed by atoms with E-state index in [1.165, 1.54) is 0 Å². The molecule has 1 heterocycles. The van der Waals surface area contributed by atoms with Crippen molar-refractivity contribution in [3.05, 3.63) is 65.7 Å². The van der Waals surface area contributed by atoms with Crippen molar-refractivity contribution in [2.24, 2.45) is 0 Å². The van der Waals surface area contributed by atoms with Gasteiger partial charge < -0.3 is 14.2 Å². The molecule has 23 heavy (non-hydrogen) atoms. The van der Waals surface area contributed by atoms with Crippen molar-refractivity contribution in [3.63, 3.8) is 0 Å². The van der Waals surface area contributed by atoms with Crippen molar-refractivity contribution in [2.45, 2.75) is 6.10 Å². The number of hydrogen-bond donors (Lipinski definition) is 0. The molecule has 2 aromatic rings. The van der Waals surface area contributed by atoms with E-state index in [1.54, 1.807) is 31.4 Å². The highest BCUT2D eigenvalue weighted by molar-refractivity contribution is 6.07. The van der Waals surface area contributed by atoms with Crippen molar-refractivity contribution in [1.29, 1.82) is 0 Å². The lowest BCUT2D eigenvalue weighted by Gasteiger charge is -2.05. The second-order valence-electron chi connectivity index (χ2n) is 5.26. The lowest BCUT2D eigenvalue weighted by atomic mass is 10.1. The molecule has 0 aromatic heterocycles. The molecule has 2 aromatic carbocycles. The minimum atomic E-state index is -0.0612. The van der Waals surface area contributed by atoms with Crippen LogP contribution in [0, 0.1) is 0 Å². The van der Waals surface area contributed by atoms with Gasteiger partial charge in [0.1, 0.15) is 24.2 Å². The molecule has 1 aliphatic heterocycles. The summed E-state index contributed by atoms with van der Waals surface area (Å²) in [6.45, 7) is 1.28. The van der Waals surface area contributed by atoms with E-state index in [4.69, 9.17) is 14.2 Å².